The molecule has 0 atom stereocenters. The second-order valence-corrected chi connectivity index (χ2v) is 4.70. The summed E-state index contributed by atoms with van der Waals surface area (Å²) in [5.41, 5.74) is 1.55. The maximum absolute atomic E-state index is 13.2. The Hall–Kier alpha value is -2.17. The molecule has 0 aliphatic carbocycles. The van der Waals surface area contributed by atoms with Gasteiger partial charge in [0, 0.05) is 26.1 Å². The van der Waals surface area contributed by atoms with Crippen molar-refractivity contribution in [3.63, 3.8) is 0 Å². The standard InChI is InChI=1S/C16H22FN3O/c1-5-7-14(17)9-8-12(3)11-18-16-10-15(13(4)21)20(6-2)19-16/h5,7-10H,6,11H2,1-4H3,(H,18,19)/b7-5-,12-8+,14-9+. The summed E-state index contributed by atoms with van der Waals surface area (Å²) in [5, 5.41) is 7.43. The van der Waals surface area contributed by atoms with Gasteiger partial charge in [0.15, 0.2) is 5.78 Å². The Labute approximate surface area is 125 Å². The molecule has 4 nitrogen and oxygen atoms in total. The van der Waals surface area contributed by atoms with Gasteiger partial charge in [-0.05, 0) is 32.9 Å². The molecule has 0 saturated heterocycles. The van der Waals surface area contributed by atoms with Gasteiger partial charge in [0.05, 0.1) is 0 Å². The van der Waals surface area contributed by atoms with E-state index < -0.39 is 0 Å². The Morgan fingerprint density at radius 2 is 2.14 bits per heavy atom. The van der Waals surface area contributed by atoms with Crippen LogP contribution >= 0.6 is 0 Å². The van der Waals surface area contributed by atoms with Crippen molar-refractivity contribution < 1.29 is 9.18 Å². The molecule has 1 N–H and O–H groups in total. The minimum atomic E-state index is -0.286. The van der Waals surface area contributed by atoms with Gasteiger partial charge in [0.2, 0.25) is 0 Å². The third-order valence-corrected chi connectivity index (χ3v) is 2.84. The first-order chi connectivity index (χ1) is 9.97. The van der Waals surface area contributed by atoms with Crippen molar-refractivity contribution in [2.75, 3.05) is 11.9 Å². The monoisotopic (exact) mass is 291 g/mol. The molecule has 0 spiro atoms. The highest BCUT2D eigenvalue weighted by molar-refractivity contribution is 5.93. The number of hydrogen-bond acceptors (Lipinski definition) is 3. The summed E-state index contributed by atoms with van der Waals surface area (Å²) in [4.78, 5) is 11.5. The van der Waals surface area contributed by atoms with Crippen LogP contribution in [0.1, 0.15) is 38.2 Å². The molecule has 0 radical (unpaired) electrons. The fraction of sp³-hybridized carbons (Fsp3) is 0.375. The van der Waals surface area contributed by atoms with Gasteiger partial charge >= 0.3 is 0 Å². The molecule has 21 heavy (non-hydrogen) atoms. The Kier molecular flexibility index (Phi) is 6.59. The van der Waals surface area contributed by atoms with Crippen LogP contribution in [0.25, 0.3) is 0 Å². The number of ketones is 1. The van der Waals surface area contributed by atoms with Gasteiger partial charge in [-0.3, -0.25) is 9.48 Å². The summed E-state index contributed by atoms with van der Waals surface area (Å²) in [6.07, 6.45) is 6.18. The SMILES string of the molecule is C\C=C/C(F)=C\C=C(/C)CNc1cc(C(C)=O)n(CC)n1. The normalized spacial score (nSPS) is 13.0. The lowest BCUT2D eigenvalue weighted by atomic mass is 10.2. The predicted octanol–water partition coefficient (Wildman–Crippen LogP) is 3.89. The van der Waals surface area contributed by atoms with Gasteiger partial charge in [-0.15, -0.1) is 0 Å². The summed E-state index contributed by atoms with van der Waals surface area (Å²) >= 11 is 0. The van der Waals surface area contributed by atoms with Crippen molar-refractivity contribution in [3.8, 4) is 0 Å². The van der Waals surface area contributed by atoms with E-state index in [1.54, 1.807) is 29.8 Å². The van der Waals surface area contributed by atoms with Crippen LogP contribution in [0.2, 0.25) is 0 Å². The molecule has 0 aliphatic heterocycles. The van der Waals surface area contributed by atoms with Crippen molar-refractivity contribution in [2.45, 2.75) is 34.2 Å². The molecular formula is C16H22FN3O. The minimum Gasteiger partial charge on any atom is -0.365 e. The molecule has 0 unspecified atom stereocenters. The molecular weight excluding hydrogens is 269 g/mol. The summed E-state index contributed by atoms with van der Waals surface area (Å²) < 4.78 is 14.8. The number of aryl methyl sites for hydroxylation is 1. The number of rotatable bonds is 7. The molecule has 0 saturated carbocycles. The third-order valence-electron chi connectivity index (χ3n) is 2.84. The molecule has 0 aromatic carbocycles. The number of nitrogens with zero attached hydrogens (tertiary/aromatic N) is 2. The van der Waals surface area contributed by atoms with E-state index in [1.165, 1.54) is 19.1 Å². The molecule has 5 heteroatoms. The largest absolute Gasteiger partial charge is 0.365 e. The molecule has 114 valence electrons. The van der Waals surface area contributed by atoms with E-state index >= 15 is 0 Å². The Bertz CT molecular complexity index is 582. The van der Waals surface area contributed by atoms with Crippen molar-refractivity contribution in [3.05, 3.63) is 47.5 Å². The Morgan fingerprint density at radius 3 is 2.67 bits per heavy atom. The number of carbonyl (C=O) groups is 1. The number of anilines is 1. The zero-order valence-electron chi connectivity index (χ0n) is 13.0. The summed E-state index contributed by atoms with van der Waals surface area (Å²) in [6.45, 7) is 8.30. The maximum Gasteiger partial charge on any atom is 0.177 e. The van der Waals surface area contributed by atoms with E-state index in [0.29, 0.717) is 24.6 Å². The fourth-order valence-electron chi connectivity index (χ4n) is 1.75. The van der Waals surface area contributed by atoms with Gasteiger partial charge in [-0.2, -0.15) is 5.10 Å². The average Bonchev–Trinajstić information content (AvgIpc) is 2.87. The number of hydrogen-bond donors (Lipinski definition) is 1. The lowest BCUT2D eigenvalue weighted by molar-refractivity contribution is 0.100. The van der Waals surface area contributed by atoms with Crippen LogP contribution in [0.5, 0.6) is 0 Å². The smallest absolute Gasteiger partial charge is 0.177 e. The van der Waals surface area contributed by atoms with E-state index in [0.717, 1.165) is 5.57 Å². The topological polar surface area (TPSA) is 46.9 Å². The summed E-state index contributed by atoms with van der Waals surface area (Å²) in [6, 6.07) is 1.73. The molecule has 0 amide bonds. The molecule has 1 rings (SSSR count). The number of allylic oxidation sites excluding steroid dienone is 5. The second-order valence-electron chi connectivity index (χ2n) is 4.70. The quantitative estimate of drug-likeness (QED) is 0.612. The van der Waals surface area contributed by atoms with Crippen LogP contribution in [0.3, 0.4) is 0 Å². The Balaban J connectivity index is 2.69. The lowest BCUT2D eigenvalue weighted by Gasteiger charge is -2.02. The zero-order chi connectivity index (χ0) is 15.8. The van der Waals surface area contributed by atoms with Crippen molar-refractivity contribution in [2.24, 2.45) is 0 Å². The number of nitrogens with one attached hydrogen (secondary N) is 1. The molecule has 0 fully saturated rings. The first-order valence-electron chi connectivity index (χ1n) is 6.96. The van der Waals surface area contributed by atoms with E-state index in [1.807, 2.05) is 13.8 Å². The fourth-order valence-corrected chi connectivity index (χ4v) is 1.75. The zero-order valence-corrected chi connectivity index (χ0v) is 13.0. The minimum absolute atomic E-state index is 0.0129. The maximum atomic E-state index is 13.2. The summed E-state index contributed by atoms with van der Waals surface area (Å²) in [5.74, 6) is 0.347. The van der Waals surface area contributed by atoms with Gasteiger partial charge in [-0.1, -0.05) is 17.7 Å². The van der Waals surface area contributed by atoms with Gasteiger partial charge < -0.3 is 5.32 Å². The van der Waals surface area contributed by atoms with Crippen LogP contribution in [0.15, 0.2) is 41.8 Å². The van der Waals surface area contributed by atoms with Crippen LogP contribution in [0.4, 0.5) is 10.2 Å². The van der Waals surface area contributed by atoms with Gasteiger partial charge in [0.1, 0.15) is 17.3 Å². The van der Waals surface area contributed by atoms with E-state index in [2.05, 4.69) is 10.4 Å². The van der Waals surface area contributed by atoms with E-state index in [9.17, 15) is 9.18 Å². The lowest BCUT2D eigenvalue weighted by Crippen LogP contribution is -2.07. The highest BCUT2D eigenvalue weighted by Crippen LogP contribution is 2.11. The van der Waals surface area contributed by atoms with Crippen molar-refractivity contribution >= 4 is 11.6 Å². The number of aromatic nitrogens is 2. The molecule has 1 heterocycles. The molecule has 0 aliphatic rings. The number of halogens is 1. The van der Waals surface area contributed by atoms with Crippen LogP contribution in [-0.2, 0) is 6.54 Å². The highest BCUT2D eigenvalue weighted by atomic mass is 19.1. The van der Waals surface area contributed by atoms with E-state index in [4.69, 9.17) is 0 Å². The molecule has 1 aromatic rings. The first kappa shape index (κ1) is 16.9. The highest BCUT2D eigenvalue weighted by Gasteiger charge is 2.10. The number of Topliss-reactive ketones (excluding diaryl/α,β-unsaturated/α-hetero) is 1. The average molecular weight is 291 g/mol. The Morgan fingerprint density at radius 1 is 1.43 bits per heavy atom. The first-order valence-corrected chi connectivity index (χ1v) is 6.96. The predicted molar refractivity (Wildman–Crippen MR) is 84.2 cm³/mol. The van der Waals surface area contributed by atoms with Crippen LogP contribution in [0, 0.1) is 0 Å². The second kappa shape index (κ2) is 8.19. The molecule has 1 aromatic heterocycles. The van der Waals surface area contributed by atoms with Crippen LogP contribution < -0.4 is 5.32 Å². The third kappa shape index (κ3) is 5.38. The van der Waals surface area contributed by atoms with Crippen molar-refractivity contribution in [1.29, 1.82) is 0 Å². The molecule has 0 bridgehead atoms. The van der Waals surface area contributed by atoms with Crippen LogP contribution in [-0.4, -0.2) is 22.1 Å². The van der Waals surface area contributed by atoms with Gasteiger partial charge in [0.25, 0.3) is 0 Å². The summed E-state index contributed by atoms with van der Waals surface area (Å²) in [7, 11) is 0. The van der Waals surface area contributed by atoms with E-state index in [-0.39, 0.29) is 11.6 Å². The van der Waals surface area contributed by atoms with Gasteiger partial charge in [-0.25, -0.2) is 4.39 Å². The number of carbonyl (C=O) groups excluding carboxylic acids is 1. The van der Waals surface area contributed by atoms with Crippen molar-refractivity contribution in [1.82, 2.24) is 9.78 Å².